The van der Waals surface area contributed by atoms with Gasteiger partial charge in [0.2, 0.25) is 0 Å². The van der Waals surface area contributed by atoms with Crippen molar-refractivity contribution < 1.29 is 4.74 Å². The number of hydrogen-bond acceptors (Lipinski definition) is 2. The summed E-state index contributed by atoms with van der Waals surface area (Å²) in [5, 5.41) is 3.37. The summed E-state index contributed by atoms with van der Waals surface area (Å²) in [6.45, 7) is 6.24. The van der Waals surface area contributed by atoms with E-state index in [1.54, 1.807) is 0 Å². The molecule has 0 saturated carbocycles. The van der Waals surface area contributed by atoms with Gasteiger partial charge in [-0.3, -0.25) is 0 Å². The van der Waals surface area contributed by atoms with Crippen molar-refractivity contribution in [2.75, 3.05) is 26.3 Å². The SMILES string of the molecule is Cc1ccc(Br)cc1C1(C2CNC2)COC1. The van der Waals surface area contributed by atoms with Crippen LogP contribution in [-0.4, -0.2) is 26.3 Å². The van der Waals surface area contributed by atoms with Gasteiger partial charge in [-0.25, -0.2) is 0 Å². The molecule has 2 fully saturated rings. The van der Waals surface area contributed by atoms with Crippen molar-refractivity contribution in [3.63, 3.8) is 0 Å². The van der Waals surface area contributed by atoms with Crippen LogP contribution in [0.5, 0.6) is 0 Å². The minimum Gasteiger partial charge on any atom is -0.379 e. The average Bonchev–Trinajstić information content (AvgIpc) is 2.12. The first-order valence-corrected chi connectivity index (χ1v) is 6.57. The molecular weight excluding hydrogens is 266 g/mol. The molecule has 16 heavy (non-hydrogen) atoms. The van der Waals surface area contributed by atoms with Gasteiger partial charge in [0, 0.05) is 23.0 Å². The molecule has 0 amide bonds. The minimum absolute atomic E-state index is 0.277. The van der Waals surface area contributed by atoms with Crippen LogP contribution in [0.15, 0.2) is 22.7 Å². The normalized spacial score (nSPS) is 23.6. The Kier molecular flexibility index (Phi) is 2.57. The molecule has 0 aliphatic carbocycles. The molecule has 1 aromatic rings. The zero-order chi connectivity index (χ0) is 11.2. The second-order valence-electron chi connectivity index (χ2n) is 4.96. The summed E-state index contributed by atoms with van der Waals surface area (Å²) in [6.07, 6.45) is 0. The molecule has 2 saturated heterocycles. The highest BCUT2D eigenvalue weighted by molar-refractivity contribution is 9.10. The Morgan fingerprint density at radius 2 is 2.12 bits per heavy atom. The summed E-state index contributed by atoms with van der Waals surface area (Å²) in [7, 11) is 0. The Morgan fingerprint density at radius 1 is 1.38 bits per heavy atom. The van der Waals surface area contributed by atoms with Gasteiger partial charge in [-0.1, -0.05) is 22.0 Å². The molecular formula is C13H16BrNO. The van der Waals surface area contributed by atoms with Crippen LogP contribution in [0.1, 0.15) is 11.1 Å². The molecule has 0 atom stereocenters. The summed E-state index contributed by atoms with van der Waals surface area (Å²) in [5.41, 5.74) is 3.14. The Hall–Kier alpha value is -0.380. The van der Waals surface area contributed by atoms with E-state index in [1.165, 1.54) is 15.6 Å². The van der Waals surface area contributed by atoms with Gasteiger partial charge in [-0.05, 0) is 36.1 Å². The summed E-state index contributed by atoms with van der Waals surface area (Å²) in [5.74, 6) is 0.745. The highest BCUT2D eigenvalue weighted by Crippen LogP contribution is 2.43. The topological polar surface area (TPSA) is 21.3 Å². The number of hydrogen-bond donors (Lipinski definition) is 1. The van der Waals surface area contributed by atoms with Gasteiger partial charge in [-0.2, -0.15) is 0 Å². The second kappa shape index (κ2) is 3.83. The van der Waals surface area contributed by atoms with Crippen molar-refractivity contribution in [2.24, 2.45) is 5.92 Å². The van der Waals surface area contributed by atoms with Gasteiger partial charge < -0.3 is 10.1 Å². The van der Waals surface area contributed by atoms with E-state index in [4.69, 9.17) is 4.74 Å². The van der Waals surface area contributed by atoms with Crippen LogP contribution < -0.4 is 5.32 Å². The Balaban J connectivity index is 2.02. The largest absolute Gasteiger partial charge is 0.379 e. The minimum atomic E-state index is 0.277. The molecule has 2 aliphatic heterocycles. The van der Waals surface area contributed by atoms with E-state index in [1.807, 2.05) is 0 Å². The van der Waals surface area contributed by atoms with Gasteiger partial charge in [-0.15, -0.1) is 0 Å². The first kappa shape index (κ1) is 10.8. The summed E-state index contributed by atoms with van der Waals surface area (Å²) in [4.78, 5) is 0. The first-order valence-electron chi connectivity index (χ1n) is 5.77. The predicted octanol–water partition coefficient (Wildman–Crippen LogP) is 2.24. The molecule has 86 valence electrons. The molecule has 1 aromatic carbocycles. The smallest absolute Gasteiger partial charge is 0.0589 e. The Bertz CT molecular complexity index is 410. The molecule has 0 bridgehead atoms. The van der Waals surface area contributed by atoms with E-state index in [0.29, 0.717) is 0 Å². The highest BCUT2D eigenvalue weighted by atomic mass is 79.9. The lowest BCUT2D eigenvalue weighted by Crippen LogP contribution is -2.62. The number of rotatable bonds is 2. The fourth-order valence-electron chi connectivity index (χ4n) is 2.74. The van der Waals surface area contributed by atoms with E-state index >= 15 is 0 Å². The molecule has 2 heterocycles. The third-order valence-corrected chi connectivity index (χ3v) is 4.51. The van der Waals surface area contributed by atoms with Crippen LogP contribution in [0.4, 0.5) is 0 Å². The standard InChI is InChI=1S/C13H16BrNO/c1-9-2-3-11(14)4-12(9)13(7-16-8-13)10-5-15-6-10/h2-4,10,15H,5-8H2,1H3. The van der Waals surface area contributed by atoms with E-state index < -0.39 is 0 Å². The number of nitrogens with one attached hydrogen (secondary N) is 1. The van der Waals surface area contributed by atoms with Crippen LogP contribution >= 0.6 is 15.9 Å². The molecule has 0 radical (unpaired) electrons. The third kappa shape index (κ3) is 1.45. The van der Waals surface area contributed by atoms with Crippen LogP contribution in [0, 0.1) is 12.8 Å². The van der Waals surface area contributed by atoms with Crippen LogP contribution in [-0.2, 0) is 10.2 Å². The quantitative estimate of drug-likeness (QED) is 0.898. The predicted molar refractivity (Wildman–Crippen MR) is 67.7 cm³/mol. The van der Waals surface area contributed by atoms with Gasteiger partial charge in [0.25, 0.3) is 0 Å². The Labute approximate surface area is 105 Å². The fourth-order valence-corrected chi connectivity index (χ4v) is 3.10. The molecule has 3 rings (SSSR count). The number of aryl methyl sites for hydroxylation is 1. The van der Waals surface area contributed by atoms with Gasteiger partial charge in [0.05, 0.1) is 13.2 Å². The van der Waals surface area contributed by atoms with Crippen LogP contribution in [0.25, 0.3) is 0 Å². The van der Waals surface area contributed by atoms with Gasteiger partial charge in [0.1, 0.15) is 0 Å². The molecule has 0 unspecified atom stereocenters. The summed E-state index contributed by atoms with van der Waals surface area (Å²) < 4.78 is 6.67. The second-order valence-corrected chi connectivity index (χ2v) is 5.88. The number of benzene rings is 1. The molecule has 2 nitrogen and oxygen atoms in total. The van der Waals surface area contributed by atoms with E-state index in [-0.39, 0.29) is 5.41 Å². The van der Waals surface area contributed by atoms with Crippen molar-refractivity contribution >= 4 is 15.9 Å². The summed E-state index contributed by atoms with van der Waals surface area (Å²) in [6, 6.07) is 6.59. The Morgan fingerprint density at radius 3 is 2.62 bits per heavy atom. The van der Waals surface area contributed by atoms with Gasteiger partial charge >= 0.3 is 0 Å². The van der Waals surface area contributed by atoms with Gasteiger partial charge in [0.15, 0.2) is 0 Å². The highest BCUT2D eigenvalue weighted by Gasteiger charge is 2.49. The van der Waals surface area contributed by atoms with Crippen molar-refractivity contribution in [1.82, 2.24) is 5.32 Å². The van der Waals surface area contributed by atoms with Crippen molar-refractivity contribution in [2.45, 2.75) is 12.3 Å². The zero-order valence-electron chi connectivity index (χ0n) is 9.42. The molecule has 0 spiro atoms. The monoisotopic (exact) mass is 281 g/mol. The van der Waals surface area contributed by atoms with E-state index in [0.717, 1.165) is 32.2 Å². The van der Waals surface area contributed by atoms with Crippen molar-refractivity contribution in [3.8, 4) is 0 Å². The third-order valence-electron chi connectivity index (χ3n) is 4.02. The average molecular weight is 282 g/mol. The van der Waals surface area contributed by atoms with E-state index in [9.17, 15) is 0 Å². The molecule has 3 heteroatoms. The zero-order valence-corrected chi connectivity index (χ0v) is 11.0. The maximum absolute atomic E-state index is 5.50. The number of halogens is 1. The first-order chi connectivity index (χ1) is 7.72. The lowest BCUT2D eigenvalue weighted by molar-refractivity contribution is -0.101. The lowest BCUT2D eigenvalue weighted by atomic mass is 9.65. The summed E-state index contributed by atoms with van der Waals surface area (Å²) >= 11 is 3.57. The maximum atomic E-state index is 5.50. The van der Waals surface area contributed by atoms with Crippen LogP contribution in [0.3, 0.4) is 0 Å². The fraction of sp³-hybridized carbons (Fsp3) is 0.538. The lowest BCUT2D eigenvalue weighted by Gasteiger charge is -2.52. The van der Waals surface area contributed by atoms with Crippen molar-refractivity contribution in [1.29, 1.82) is 0 Å². The molecule has 2 aliphatic rings. The molecule has 1 N–H and O–H groups in total. The maximum Gasteiger partial charge on any atom is 0.0589 e. The van der Waals surface area contributed by atoms with Crippen LogP contribution in [0.2, 0.25) is 0 Å². The van der Waals surface area contributed by atoms with Crippen molar-refractivity contribution in [3.05, 3.63) is 33.8 Å². The molecule has 0 aromatic heterocycles. The number of ether oxygens (including phenoxy) is 1. The van der Waals surface area contributed by atoms with E-state index in [2.05, 4.69) is 46.4 Å².